The Labute approximate surface area is 140 Å². The van der Waals surface area contributed by atoms with Crippen molar-refractivity contribution in [2.45, 2.75) is 51.2 Å². The van der Waals surface area contributed by atoms with Gasteiger partial charge in [0, 0.05) is 37.2 Å². The molecule has 0 aromatic heterocycles. The number of aromatic hydroxyl groups is 1. The lowest BCUT2D eigenvalue weighted by Crippen LogP contribution is -2.64. The largest absolute Gasteiger partial charge is 0.507 e. The third-order valence-electron chi connectivity index (χ3n) is 5.68. The van der Waals surface area contributed by atoms with E-state index in [0.29, 0.717) is 19.1 Å². The van der Waals surface area contributed by atoms with Gasteiger partial charge in [-0.2, -0.15) is 0 Å². The number of amides is 1. The summed E-state index contributed by atoms with van der Waals surface area (Å²) in [5.74, 6) is -3.22. The van der Waals surface area contributed by atoms with Crippen LogP contribution in [0.4, 0.5) is 8.78 Å². The van der Waals surface area contributed by atoms with E-state index in [4.69, 9.17) is 4.74 Å². The van der Waals surface area contributed by atoms with E-state index in [2.05, 4.69) is 0 Å². The maximum atomic E-state index is 14.0. The molecule has 132 valence electrons. The molecule has 1 aromatic rings. The molecule has 6 heteroatoms. The summed E-state index contributed by atoms with van der Waals surface area (Å²) in [6.07, 6.45) is 4.99. The quantitative estimate of drug-likeness (QED) is 0.914. The Morgan fingerprint density at radius 3 is 2.62 bits per heavy atom. The van der Waals surface area contributed by atoms with Gasteiger partial charge in [-0.15, -0.1) is 0 Å². The topological polar surface area (TPSA) is 49.8 Å². The highest BCUT2D eigenvalue weighted by Gasteiger charge is 2.59. The summed E-state index contributed by atoms with van der Waals surface area (Å²) >= 11 is 0. The highest BCUT2D eigenvalue weighted by molar-refractivity contribution is 5.97. The lowest BCUT2D eigenvalue weighted by molar-refractivity contribution is -0.152. The van der Waals surface area contributed by atoms with Crippen LogP contribution < -0.4 is 0 Å². The van der Waals surface area contributed by atoms with Gasteiger partial charge in [0.25, 0.3) is 5.91 Å². The zero-order chi connectivity index (χ0) is 17.5. The van der Waals surface area contributed by atoms with E-state index < -0.39 is 28.9 Å². The number of rotatable bonds is 4. The molecule has 4 nitrogen and oxygen atoms in total. The maximum absolute atomic E-state index is 14.0. The monoisotopic (exact) mass is 339 g/mol. The molecule has 0 bridgehead atoms. The van der Waals surface area contributed by atoms with Crippen molar-refractivity contribution in [3.05, 3.63) is 29.3 Å². The van der Waals surface area contributed by atoms with E-state index in [9.17, 15) is 18.7 Å². The first-order valence-electron chi connectivity index (χ1n) is 8.47. The molecule has 1 aromatic carbocycles. The average Bonchev–Trinajstić information content (AvgIpc) is 3.02. The molecule has 2 fully saturated rings. The first-order chi connectivity index (χ1) is 11.4. The molecular weight excluding hydrogens is 316 g/mol. The molecule has 24 heavy (non-hydrogen) atoms. The van der Waals surface area contributed by atoms with Gasteiger partial charge in [-0.25, -0.2) is 8.78 Å². The van der Waals surface area contributed by atoms with Crippen molar-refractivity contribution in [1.82, 2.24) is 4.90 Å². The predicted octanol–water partition coefficient (Wildman–Crippen LogP) is 3.48. The third-order valence-corrected chi connectivity index (χ3v) is 5.68. The molecular formula is C18H23F2NO3. The Balaban J connectivity index is 1.84. The summed E-state index contributed by atoms with van der Waals surface area (Å²) in [4.78, 5) is 14.2. The van der Waals surface area contributed by atoms with Gasteiger partial charge < -0.3 is 14.7 Å². The number of hydrogen-bond acceptors (Lipinski definition) is 3. The minimum absolute atomic E-state index is 0.0482. The van der Waals surface area contributed by atoms with Gasteiger partial charge in [0.1, 0.15) is 22.9 Å². The molecule has 3 rings (SSSR count). The van der Waals surface area contributed by atoms with E-state index in [0.717, 1.165) is 31.7 Å². The highest BCUT2D eigenvalue weighted by Crippen LogP contribution is 2.56. The van der Waals surface area contributed by atoms with Crippen LogP contribution in [0.1, 0.15) is 49.4 Å². The fourth-order valence-electron chi connectivity index (χ4n) is 4.48. The molecule has 0 heterocycles. The van der Waals surface area contributed by atoms with Crippen molar-refractivity contribution >= 4 is 5.91 Å². The van der Waals surface area contributed by atoms with Crippen LogP contribution in [0.15, 0.2) is 12.1 Å². The van der Waals surface area contributed by atoms with Crippen LogP contribution in [0.2, 0.25) is 0 Å². The number of hydrogen-bond donors (Lipinski definition) is 1. The number of nitrogens with zero attached hydrogens (tertiary/aromatic N) is 1. The molecule has 1 amide bonds. The summed E-state index contributed by atoms with van der Waals surface area (Å²) < 4.78 is 33.0. The third kappa shape index (κ3) is 2.57. The SMILES string of the molecule is CCO[C@H]1C[C@H](N(C)C(=O)c2c(O)cc(F)cc2F)C12CCCC2. The minimum Gasteiger partial charge on any atom is -0.507 e. The average molecular weight is 339 g/mol. The molecule has 2 saturated carbocycles. The zero-order valence-electron chi connectivity index (χ0n) is 14.0. The van der Waals surface area contributed by atoms with E-state index in [-0.39, 0.29) is 17.6 Å². The molecule has 0 saturated heterocycles. The zero-order valence-corrected chi connectivity index (χ0v) is 14.0. The Morgan fingerprint density at radius 1 is 1.38 bits per heavy atom. The van der Waals surface area contributed by atoms with Crippen LogP contribution in [-0.4, -0.2) is 41.7 Å². The highest BCUT2D eigenvalue weighted by atomic mass is 19.1. The smallest absolute Gasteiger partial charge is 0.260 e. The number of carbonyl (C=O) groups excluding carboxylic acids is 1. The number of ether oxygens (including phenoxy) is 1. The number of halogens is 2. The Morgan fingerprint density at radius 2 is 2.04 bits per heavy atom. The fourth-order valence-corrected chi connectivity index (χ4v) is 4.48. The molecule has 0 unspecified atom stereocenters. The summed E-state index contributed by atoms with van der Waals surface area (Å²) in [6.45, 7) is 2.58. The normalized spacial score (nSPS) is 24.8. The number of carbonyl (C=O) groups is 1. The molecule has 2 aliphatic carbocycles. The molecule has 1 spiro atoms. The lowest BCUT2D eigenvalue weighted by Gasteiger charge is -2.57. The molecule has 0 aliphatic heterocycles. The molecule has 2 aliphatic rings. The van der Waals surface area contributed by atoms with E-state index in [1.807, 2.05) is 6.92 Å². The first kappa shape index (κ1) is 17.1. The van der Waals surface area contributed by atoms with Crippen LogP contribution in [0.5, 0.6) is 5.75 Å². The van der Waals surface area contributed by atoms with E-state index in [1.54, 1.807) is 7.05 Å². The Kier molecular flexibility index (Phi) is 4.51. The van der Waals surface area contributed by atoms with Gasteiger partial charge in [-0.1, -0.05) is 12.8 Å². The van der Waals surface area contributed by atoms with Crippen LogP contribution >= 0.6 is 0 Å². The summed E-state index contributed by atoms with van der Waals surface area (Å²) in [6, 6.07) is 1.34. The van der Waals surface area contributed by atoms with Crippen LogP contribution in [-0.2, 0) is 4.74 Å². The maximum Gasteiger partial charge on any atom is 0.260 e. The van der Waals surface area contributed by atoms with Crippen molar-refractivity contribution in [2.24, 2.45) is 5.41 Å². The number of phenolic OH excluding ortho intramolecular Hbond substituents is 1. The van der Waals surface area contributed by atoms with Crippen LogP contribution in [0.3, 0.4) is 0 Å². The van der Waals surface area contributed by atoms with Crippen molar-refractivity contribution in [3.63, 3.8) is 0 Å². The summed E-state index contributed by atoms with van der Waals surface area (Å²) in [5, 5.41) is 9.80. The number of benzene rings is 1. The lowest BCUT2D eigenvalue weighted by atomic mass is 9.60. The standard InChI is InChI=1S/C18H23F2NO3/c1-3-24-15-10-14(18(15)6-4-5-7-18)21(2)17(23)16-12(20)8-11(19)9-13(16)22/h8-9,14-15,22H,3-7,10H2,1-2H3/t14-,15-/m0/s1. The van der Waals surface area contributed by atoms with Gasteiger partial charge in [-0.05, 0) is 26.2 Å². The fraction of sp³-hybridized carbons (Fsp3) is 0.611. The van der Waals surface area contributed by atoms with E-state index in [1.165, 1.54) is 4.90 Å². The van der Waals surface area contributed by atoms with Gasteiger partial charge in [0.2, 0.25) is 0 Å². The molecule has 1 N–H and O–H groups in total. The van der Waals surface area contributed by atoms with Crippen molar-refractivity contribution in [2.75, 3.05) is 13.7 Å². The predicted molar refractivity (Wildman–Crippen MR) is 84.8 cm³/mol. The Bertz CT molecular complexity index is 620. The van der Waals surface area contributed by atoms with Crippen molar-refractivity contribution in [1.29, 1.82) is 0 Å². The summed E-state index contributed by atoms with van der Waals surface area (Å²) in [5.41, 5.74) is -0.543. The summed E-state index contributed by atoms with van der Waals surface area (Å²) in [7, 11) is 1.62. The van der Waals surface area contributed by atoms with Gasteiger partial charge >= 0.3 is 0 Å². The Hall–Kier alpha value is -1.69. The van der Waals surface area contributed by atoms with Crippen molar-refractivity contribution < 1.29 is 23.4 Å². The van der Waals surface area contributed by atoms with Gasteiger partial charge in [0.05, 0.1) is 6.10 Å². The minimum atomic E-state index is -1.04. The second kappa shape index (κ2) is 6.31. The number of phenols is 1. The molecule has 2 atom stereocenters. The van der Waals surface area contributed by atoms with Gasteiger partial charge in [-0.3, -0.25) is 4.79 Å². The van der Waals surface area contributed by atoms with E-state index >= 15 is 0 Å². The second-order valence-electron chi connectivity index (χ2n) is 6.83. The first-order valence-corrected chi connectivity index (χ1v) is 8.47. The van der Waals surface area contributed by atoms with Gasteiger partial charge in [0.15, 0.2) is 0 Å². The van der Waals surface area contributed by atoms with Crippen molar-refractivity contribution in [3.8, 4) is 5.75 Å². The van der Waals surface area contributed by atoms with Crippen LogP contribution in [0.25, 0.3) is 0 Å². The molecule has 0 radical (unpaired) electrons. The van der Waals surface area contributed by atoms with Crippen LogP contribution in [0, 0.1) is 17.0 Å². The second-order valence-corrected chi connectivity index (χ2v) is 6.83.